The Balaban J connectivity index is 1.57. The molecule has 0 saturated carbocycles. The third-order valence-electron chi connectivity index (χ3n) is 4.81. The van der Waals surface area contributed by atoms with E-state index in [1.807, 2.05) is 0 Å². The van der Waals surface area contributed by atoms with Crippen molar-refractivity contribution in [2.24, 2.45) is 0 Å². The summed E-state index contributed by atoms with van der Waals surface area (Å²) in [7, 11) is -3.40. The van der Waals surface area contributed by atoms with Gasteiger partial charge in [0.25, 0.3) is 0 Å². The molecule has 35 heavy (non-hydrogen) atoms. The van der Waals surface area contributed by atoms with Gasteiger partial charge in [0, 0.05) is 18.0 Å². The first kappa shape index (κ1) is 23.8. The summed E-state index contributed by atoms with van der Waals surface area (Å²) in [4.78, 5) is 15.1. The molecular weight excluding hydrogens is 482 g/mol. The van der Waals surface area contributed by atoms with Gasteiger partial charge < -0.3 is 9.47 Å². The Morgan fingerprint density at radius 3 is 2.17 bits per heavy atom. The lowest BCUT2D eigenvalue weighted by Crippen LogP contribution is -1.97. The van der Waals surface area contributed by atoms with Crippen molar-refractivity contribution in [1.82, 2.24) is 4.98 Å². The maximum atomic E-state index is 13.6. The number of nitro groups is 1. The average molecular weight is 498 g/mol. The van der Waals surface area contributed by atoms with Crippen LogP contribution in [0.25, 0.3) is 11.1 Å². The monoisotopic (exact) mass is 498 g/mol. The second kappa shape index (κ2) is 9.47. The molecule has 4 aromatic rings. The second-order valence-corrected chi connectivity index (χ2v) is 9.39. The number of rotatable bonds is 7. The van der Waals surface area contributed by atoms with E-state index < -0.39 is 26.4 Å². The zero-order chi connectivity index (χ0) is 25.2. The molecule has 178 valence electrons. The van der Waals surface area contributed by atoms with Crippen molar-refractivity contribution < 1.29 is 31.6 Å². The number of nitro benzene ring substituents is 1. The van der Waals surface area contributed by atoms with E-state index in [2.05, 4.69) is 4.98 Å². The Kier molecular flexibility index (Phi) is 6.43. The summed E-state index contributed by atoms with van der Waals surface area (Å²) in [6.45, 7) is 0. The lowest BCUT2D eigenvalue weighted by Gasteiger charge is -2.10. The molecule has 0 radical (unpaired) electrons. The van der Waals surface area contributed by atoms with E-state index in [0.29, 0.717) is 11.1 Å². The van der Waals surface area contributed by atoms with E-state index in [0.717, 1.165) is 24.5 Å². The van der Waals surface area contributed by atoms with Gasteiger partial charge in [0.1, 0.15) is 17.2 Å². The summed E-state index contributed by atoms with van der Waals surface area (Å²) in [6, 6.07) is 14.3. The smallest absolute Gasteiger partial charge is 0.315 e. The van der Waals surface area contributed by atoms with Crippen molar-refractivity contribution in [3.63, 3.8) is 0 Å². The van der Waals surface area contributed by atoms with Gasteiger partial charge in [-0.05, 0) is 60.2 Å². The van der Waals surface area contributed by atoms with Crippen LogP contribution in [-0.4, -0.2) is 24.6 Å². The molecule has 8 nitrogen and oxygen atoms in total. The van der Waals surface area contributed by atoms with Crippen molar-refractivity contribution >= 4 is 15.5 Å². The molecule has 1 aromatic heterocycles. The van der Waals surface area contributed by atoms with Gasteiger partial charge in [0.2, 0.25) is 5.75 Å². The Bertz CT molecular complexity index is 1530. The Hall–Kier alpha value is -4.38. The van der Waals surface area contributed by atoms with E-state index in [1.165, 1.54) is 60.9 Å². The van der Waals surface area contributed by atoms with Crippen molar-refractivity contribution in [2.75, 3.05) is 6.26 Å². The summed E-state index contributed by atoms with van der Waals surface area (Å²) in [5.41, 5.74) is 0.436. The number of hydrogen-bond donors (Lipinski definition) is 0. The fourth-order valence-electron chi connectivity index (χ4n) is 3.12. The van der Waals surface area contributed by atoms with Gasteiger partial charge in [-0.25, -0.2) is 17.2 Å². The standard InChI is InChI=1S/C24H16F2N2O6S/c1-35(31,32)20-6-3-17(4-7-20)34-24-9-5-18(12-23(24)28(29)30)33-19-10-16(13-27-14-19)15-2-8-21(25)22(26)11-15/h2-14H,1H3. The molecule has 0 aliphatic carbocycles. The minimum absolute atomic E-state index is 0.0804. The van der Waals surface area contributed by atoms with Gasteiger partial charge in [-0.15, -0.1) is 0 Å². The molecule has 0 bridgehead atoms. The first-order chi connectivity index (χ1) is 16.6. The molecular formula is C24H16F2N2O6S. The first-order valence-electron chi connectivity index (χ1n) is 9.95. The van der Waals surface area contributed by atoms with Gasteiger partial charge >= 0.3 is 5.69 Å². The molecule has 11 heteroatoms. The van der Waals surface area contributed by atoms with Crippen LogP contribution in [0.15, 0.2) is 84.0 Å². The predicted octanol–water partition coefficient (Wildman–Crippen LogP) is 5.92. The zero-order valence-corrected chi connectivity index (χ0v) is 18.8. The molecule has 0 N–H and O–H groups in total. The predicted molar refractivity (Wildman–Crippen MR) is 122 cm³/mol. The van der Waals surface area contributed by atoms with Crippen LogP contribution in [0, 0.1) is 21.7 Å². The number of halogens is 2. The first-order valence-corrected chi connectivity index (χ1v) is 11.8. The topological polar surface area (TPSA) is 109 Å². The van der Waals surface area contributed by atoms with Crippen molar-refractivity contribution in [3.05, 3.63) is 101 Å². The van der Waals surface area contributed by atoms with E-state index in [4.69, 9.17) is 9.47 Å². The van der Waals surface area contributed by atoms with Gasteiger partial charge in [0.15, 0.2) is 21.5 Å². The van der Waals surface area contributed by atoms with E-state index in [1.54, 1.807) is 0 Å². The van der Waals surface area contributed by atoms with Gasteiger partial charge in [-0.2, -0.15) is 0 Å². The van der Waals surface area contributed by atoms with Crippen LogP contribution < -0.4 is 9.47 Å². The summed E-state index contributed by atoms with van der Waals surface area (Å²) >= 11 is 0. The number of pyridine rings is 1. The molecule has 0 fully saturated rings. The lowest BCUT2D eigenvalue weighted by atomic mass is 10.1. The van der Waals surface area contributed by atoms with Crippen LogP contribution >= 0.6 is 0 Å². The fourth-order valence-corrected chi connectivity index (χ4v) is 3.75. The third kappa shape index (κ3) is 5.58. The number of hydrogen-bond acceptors (Lipinski definition) is 7. The molecule has 0 aliphatic heterocycles. The van der Waals surface area contributed by atoms with Crippen LogP contribution in [0.2, 0.25) is 0 Å². The maximum Gasteiger partial charge on any atom is 0.315 e. The van der Waals surface area contributed by atoms with Gasteiger partial charge in [-0.1, -0.05) is 6.07 Å². The molecule has 0 unspecified atom stereocenters. The van der Waals surface area contributed by atoms with Crippen LogP contribution in [0.1, 0.15) is 0 Å². The minimum Gasteiger partial charge on any atom is -0.455 e. The highest BCUT2D eigenvalue weighted by molar-refractivity contribution is 7.90. The largest absolute Gasteiger partial charge is 0.455 e. The number of ether oxygens (including phenoxy) is 2. The van der Waals surface area contributed by atoms with E-state index in [9.17, 15) is 27.3 Å². The lowest BCUT2D eigenvalue weighted by molar-refractivity contribution is -0.385. The van der Waals surface area contributed by atoms with Gasteiger partial charge in [-0.3, -0.25) is 15.1 Å². The minimum atomic E-state index is -3.40. The molecule has 1 heterocycles. The third-order valence-corrected chi connectivity index (χ3v) is 5.94. The summed E-state index contributed by atoms with van der Waals surface area (Å²) in [5.74, 6) is -1.53. The average Bonchev–Trinajstić information content (AvgIpc) is 2.81. The Labute approximate surface area is 198 Å². The summed E-state index contributed by atoms with van der Waals surface area (Å²) < 4.78 is 61.2. The van der Waals surface area contributed by atoms with Crippen LogP contribution in [0.3, 0.4) is 0 Å². The van der Waals surface area contributed by atoms with Crippen LogP contribution in [0.4, 0.5) is 14.5 Å². The summed E-state index contributed by atoms with van der Waals surface area (Å²) in [5, 5.41) is 11.6. The molecule has 0 atom stereocenters. The molecule has 3 aromatic carbocycles. The van der Waals surface area contributed by atoms with Crippen LogP contribution in [-0.2, 0) is 9.84 Å². The highest BCUT2D eigenvalue weighted by Gasteiger charge is 2.19. The highest BCUT2D eigenvalue weighted by Crippen LogP contribution is 2.36. The summed E-state index contributed by atoms with van der Waals surface area (Å²) in [6.07, 6.45) is 3.87. The highest BCUT2D eigenvalue weighted by atomic mass is 32.2. The number of aromatic nitrogens is 1. The van der Waals surface area contributed by atoms with Crippen molar-refractivity contribution in [3.8, 4) is 34.1 Å². The Morgan fingerprint density at radius 2 is 1.51 bits per heavy atom. The van der Waals surface area contributed by atoms with Crippen molar-refractivity contribution in [2.45, 2.75) is 4.90 Å². The molecule has 0 spiro atoms. The SMILES string of the molecule is CS(=O)(=O)c1ccc(Oc2ccc(Oc3cncc(-c4ccc(F)c(F)c4)c3)cc2[N+](=O)[O-])cc1. The number of sulfone groups is 1. The van der Waals surface area contributed by atoms with E-state index in [-0.39, 0.29) is 33.6 Å². The maximum absolute atomic E-state index is 13.6. The fraction of sp³-hybridized carbons (Fsp3) is 0.0417. The van der Waals surface area contributed by atoms with Gasteiger partial charge in [0.05, 0.1) is 22.1 Å². The number of nitrogens with zero attached hydrogens (tertiary/aromatic N) is 2. The second-order valence-electron chi connectivity index (χ2n) is 7.37. The Morgan fingerprint density at radius 1 is 0.800 bits per heavy atom. The normalized spacial score (nSPS) is 11.2. The zero-order valence-electron chi connectivity index (χ0n) is 18.0. The molecule has 0 amide bonds. The van der Waals surface area contributed by atoms with Crippen molar-refractivity contribution in [1.29, 1.82) is 0 Å². The molecule has 0 aliphatic rings. The van der Waals surface area contributed by atoms with E-state index >= 15 is 0 Å². The quantitative estimate of drug-likeness (QED) is 0.230. The number of benzene rings is 3. The molecule has 0 saturated heterocycles. The molecule has 4 rings (SSSR count). The van der Waals surface area contributed by atoms with Crippen LogP contribution in [0.5, 0.6) is 23.0 Å².